The van der Waals surface area contributed by atoms with Crippen molar-refractivity contribution < 1.29 is 19.5 Å². The maximum atomic E-state index is 14.0. The summed E-state index contributed by atoms with van der Waals surface area (Å²) >= 11 is 0. The smallest absolute Gasteiger partial charge is 0.360 e. The molecule has 2 aliphatic heterocycles. The van der Waals surface area contributed by atoms with Gasteiger partial charge in [-0.1, -0.05) is 43.0 Å². The number of aliphatic carboxylic acids is 1. The predicted octanol–water partition coefficient (Wildman–Crippen LogP) is 2.82. The van der Waals surface area contributed by atoms with Crippen LogP contribution >= 0.6 is 0 Å². The molecule has 4 bridgehead atoms. The van der Waals surface area contributed by atoms with Crippen LogP contribution in [0.25, 0.3) is 11.0 Å². The maximum absolute atomic E-state index is 14.0. The van der Waals surface area contributed by atoms with E-state index in [1.165, 1.54) is 44.9 Å². The average molecular weight is 522 g/mol. The lowest BCUT2D eigenvalue weighted by atomic mass is 9.77. The molecule has 0 spiro atoms. The van der Waals surface area contributed by atoms with Gasteiger partial charge >= 0.3 is 5.97 Å². The van der Waals surface area contributed by atoms with E-state index in [0.29, 0.717) is 23.1 Å². The molecule has 10 nitrogen and oxygen atoms in total. The number of nitrogens with zero attached hydrogens (tertiary/aromatic N) is 4. The highest BCUT2D eigenvalue weighted by Gasteiger charge is 2.51. The number of hydrogen-bond donors (Lipinski definition) is 2. The molecule has 2 saturated heterocycles. The van der Waals surface area contributed by atoms with Crippen LogP contribution in [0.4, 0.5) is 0 Å². The van der Waals surface area contributed by atoms with Gasteiger partial charge in [-0.3, -0.25) is 14.5 Å². The molecular formula is C28H35N5O5. The first-order valence-corrected chi connectivity index (χ1v) is 13.9. The molecule has 202 valence electrons. The van der Waals surface area contributed by atoms with E-state index in [0.717, 1.165) is 31.1 Å². The SMILES string of the molecule is NC(=O)CO/N=C(\C(=O)O)c1nc2ccccc2n([C@@H]2C[C@@H]3CC[C@H]2N3C2CC3CCCCC(C3)C2)c1=O. The van der Waals surface area contributed by atoms with E-state index in [4.69, 9.17) is 10.6 Å². The second-order valence-electron chi connectivity index (χ2n) is 11.5. The Labute approximate surface area is 220 Å². The normalized spacial score (nSPS) is 31.3. The van der Waals surface area contributed by atoms with Gasteiger partial charge in [0.15, 0.2) is 12.3 Å². The average Bonchev–Trinajstić information content (AvgIpc) is 3.41. The number of carboxylic acids is 1. The van der Waals surface area contributed by atoms with Crippen molar-refractivity contribution in [3.05, 3.63) is 40.3 Å². The highest BCUT2D eigenvalue weighted by Crippen LogP contribution is 2.50. The highest BCUT2D eigenvalue weighted by molar-refractivity contribution is 6.41. The minimum atomic E-state index is -1.46. The quantitative estimate of drug-likeness (QED) is 0.422. The summed E-state index contributed by atoms with van der Waals surface area (Å²) in [5, 5.41) is 13.4. The number of aromatic nitrogens is 2. The second-order valence-corrected chi connectivity index (χ2v) is 11.5. The number of primary amides is 1. The molecule has 6 rings (SSSR count). The zero-order chi connectivity index (χ0) is 26.4. The van der Waals surface area contributed by atoms with Crippen molar-refractivity contribution in [1.29, 1.82) is 0 Å². The molecule has 1 aromatic heterocycles. The first kappa shape index (κ1) is 25.0. The van der Waals surface area contributed by atoms with Crippen molar-refractivity contribution in [3.8, 4) is 0 Å². The van der Waals surface area contributed by atoms with Gasteiger partial charge in [-0.05, 0) is 62.5 Å². The van der Waals surface area contributed by atoms with Gasteiger partial charge < -0.3 is 20.2 Å². The van der Waals surface area contributed by atoms with Crippen molar-refractivity contribution >= 4 is 28.6 Å². The Morgan fingerprint density at radius 3 is 2.45 bits per heavy atom. The van der Waals surface area contributed by atoms with E-state index in [9.17, 15) is 19.5 Å². The van der Waals surface area contributed by atoms with Gasteiger partial charge in [-0.2, -0.15) is 0 Å². The number of benzene rings is 1. The van der Waals surface area contributed by atoms with Crippen molar-refractivity contribution in [2.75, 3.05) is 6.61 Å². The van der Waals surface area contributed by atoms with E-state index < -0.39 is 29.8 Å². The van der Waals surface area contributed by atoms with Gasteiger partial charge in [0.25, 0.3) is 11.5 Å². The molecule has 2 aromatic rings. The van der Waals surface area contributed by atoms with Crippen molar-refractivity contribution in [1.82, 2.24) is 14.5 Å². The Morgan fingerprint density at radius 1 is 1.00 bits per heavy atom. The lowest BCUT2D eigenvalue weighted by molar-refractivity contribution is -0.130. The summed E-state index contributed by atoms with van der Waals surface area (Å²) in [7, 11) is 0. The van der Waals surface area contributed by atoms with E-state index in [-0.39, 0.29) is 17.8 Å². The molecule has 4 fully saturated rings. The molecule has 4 aliphatic rings. The van der Waals surface area contributed by atoms with Crippen LogP contribution in [-0.4, -0.2) is 61.9 Å². The Hall–Kier alpha value is -3.27. The fraction of sp³-hybridized carbons (Fsp3) is 0.607. The van der Waals surface area contributed by atoms with E-state index >= 15 is 0 Å². The molecular weight excluding hydrogens is 486 g/mol. The van der Waals surface area contributed by atoms with E-state index in [1.807, 2.05) is 18.2 Å². The summed E-state index contributed by atoms with van der Waals surface area (Å²) in [5.74, 6) is -0.636. The summed E-state index contributed by atoms with van der Waals surface area (Å²) in [5.41, 5.74) is 4.87. The first-order chi connectivity index (χ1) is 18.4. The summed E-state index contributed by atoms with van der Waals surface area (Å²) < 4.78 is 1.76. The van der Waals surface area contributed by atoms with Crippen LogP contribution in [0.2, 0.25) is 0 Å². The van der Waals surface area contributed by atoms with Crippen LogP contribution in [0.1, 0.15) is 75.9 Å². The zero-order valence-electron chi connectivity index (χ0n) is 21.5. The number of carboxylic acid groups (broad SMARTS) is 1. The number of fused-ring (bicyclic) bond motifs is 5. The number of nitrogens with two attached hydrogens (primary N) is 1. The van der Waals surface area contributed by atoms with Crippen molar-refractivity contribution in [2.45, 2.75) is 88.4 Å². The highest BCUT2D eigenvalue weighted by atomic mass is 16.6. The zero-order valence-corrected chi connectivity index (χ0v) is 21.5. The fourth-order valence-electron chi connectivity index (χ4n) is 7.94. The van der Waals surface area contributed by atoms with Crippen LogP contribution in [0.15, 0.2) is 34.2 Å². The number of carbonyl (C=O) groups excluding carboxylic acids is 1. The van der Waals surface area contributed by atoms with Crippen LogP contribution < -0.4 is 11.3 Å². The lowest BCUT2D eigenvalue weighted by Crippen LogP contribution is -2.45. The molecule has 10 heteroatoms. The second kappa shape index (κ2) is 10.1. The molecule has 1 aromatic carbocycles. The number of carbonyl (C=O) groups is 2. The molecule has 3 heterocycles. The summed E-state index contributed by atoms with van der Waals surface area (Å²) in [4.78, 5) is 49.1. The van der Waals surface area contributed by atoms with Gasteiger partial charge in [0.1, 0.15) is 0 Å². The summed E-state index contributed by atoms with van der Waals surface area (Å²) in [6.07, 6.45) is 12.3. The summed E-state index contributed by atoms with van der Waals surface area (Å²) in [6, 6.07) is 8.49. The van der Waals surface area contributed by atoms with Crippen molar-refractivity contribution in [3.63, 3.8) is 0 Å². The monoisotopic (exact) mass is 521 g/mol. The number of oxime groups is 1. The van der Waals surface area contributed by atoms with Gasteiger partial charge in [-0.15, -0.1) is 0 Å². The molecule has 3 N–H and O–H groups in total. The molecule has 38 heavy (non-hydrogen) atoms. The first-order valence-electron chi connectivity index (χ1n) is 13.9. The topological polar surface area (TPSA) is 140 Å². The Kier molecular flexibility index (Phi) is 6.67. The largest absolute Gasteiger partial charge is 0.476 e. The van der Waals surface area contributed by atoms with Crippen molar-refractivity contribution in [2.24, 2.45) is 22.7 Å². The molecule has 2 aliphatic carbocycles. The standard InChI is InChI=1S/C28H35N5O5/c29-24(34)15-38-31-26(28(36)37)25-27(35)33(21-8-4-3-7-20(21)30-25)23-14-18-9-10-22(23)32(18)19-12-16-5-1-2-6-17(11-16)13-19/h3-4,7-8,16-19,22-23H,1-2,5-6,9-15H2,(H2,29,34)(H,36,37)/b31-26-/t16?,17?,18-,19?,22+,23+/m0/s1. The predicted molar refractivity (Wildman–Crippen MR) is 141 cm³/mol. The van der Waals surface area contributed by atoms with Crippen LogP contribution in [0, 0.1) is 11.8 Å². The minimum absolute atomic E-state index is 0.0709. The van der Waals surface area contributed by atoms with Gasteiger partial charge in [0.2, 0.25) is 5.71 Å². The number of amides is 1. The molecule has 2 unspecified atom stereocenters. The number of hydrogen-bond acceptors (Lipinski definition) is 7. The third-order valence-electron chi connectivity index (χ3n) is 9.25. The Bertz CT molecular complexity index is 1320. The van der Waals surface area contributed by atoms with Gasteiger partial charge in [0.05, 0.1) is 17.1 Å². The van der Waals surface area contributed by atoms with Crippen LogP contribution in [-0.2, 0) is 14.4 Å². The number of para-hydroxylation sites is 2. The van der Waals surface area contributed by atoms with Gasteiger partial charge in [-0.25, -0.2) is 9.78 Å². The third kappa shape index (κ3) is 4.48. The molecule has 1 amide bonds. The fourth-order valence-corrected chi connectivity index (χ4v) is 7.94. The molecule has 0 radical (unpaired) electrons. The van der Waals surface area contributed by atoms with Crippen LogP contribution in [0.3, 0.4) is 0 Å². The minimum Gasteiger partial charge on any atom is -0.476 e. The molecule has 5 atom stereocenters. The molecule has 2 saturated carbocycles. The number of rotatable bonds is 7. The van der Waals surface area contributed by atoms with E-state index in [2.05, 4.69) is 15.0 Å². The Balaban J connectivity index is 1.39. The lowest BCUT2D eigenvalue weighted by Gasteiger charge is -2.41. The van der Waals surface area contributed by atoms with Gasteiger partial charge in [0, 0.05) is 18.1 Å². The Morgan fingerprint density at radius 2 is 1.74 bits per heavy atom. The maximum Gasteiger partial charge on any atom is 0.360 e. The third-order valence-corrected chi connectivity index (χ3v) is 9.25. The van der Waals surface area contributed by atoms with E-state index in [1.54, 1.807) is 10.6 Å². The van der Waals surface area contributed by atoms with Crippen LogP contribution in [0.5, 0.6) is 0 Å². The summed E-state index contributed by atoms with van der Waals surface area (Å²) in [6.45, 7) is -0.594.